The lowest BCUT2D eigenvalue weighted by Crippen LogP contribution is -2.52. The van der Waals surface area contributed by atoms with E-state index in [2.05, 4.69) is 5.32 Å². The molecule has 1 aliphatic heterocycles. The zero-order chi connectivity index (χ0) is 22.0. The van der Waals surface area contributed by atoms with Crippen molar-refractivity contribution in [3.8, 4) is 0 Å². The molecule has 2 N–H and O–H groups in total. The van der Waals surface area contributed by atoms with Crippen LogP contribution in [0.15, 0.2) is 30.3 Å². The van der Waals surface area contributed by atoms with Crippen molar-refractivity contribution in [2.75, 3.05) is 32.7 Å². The Hall–Kier alpha value is -2.40. The van der Waals surface area contributed by atoms with Crippen molar-refractivity contribution < 1.29 is 37.1 Å². The SMILES string of the molecule is O=C(CN1CCN(C(=O)C(F)Cl)CC1)NCc1ccccc1.O=C(O)C(F)(F)F. The summed E-state index contributed by atoms with van der Waals surface area (Å²) in [4.78, 5) is 35.5. The number of nitrogens with zero attached hydrogens (tertiary/aromatic N) is 2. The fraction of sp³-hybridized carbons (Fsp3) is 0.471. The number of carbonyl (C=O) groups excluding carboxylic acids is 2. The van der Waals surface area contributed by atoms with Crippen LogP contribution in [0.4, 0.5) is 17.6 Å². The number of piperazine rings is 1. The molecule has 1 aromatic carbocycles. The van der Waals surface area contributed by atoms with Gasteiger partial charge in [0.15, 0.2) is 0 Å². The Morgan fingerprint density at radius 1 is 1.10 bits per heavy atom. The quantitative estimate of drug-likeness (QED) is 0.535. The van der Waals surface area contributed by atoms with Crippen LogP contribution < -0.4 is 5.32 Å². The number of carbonyl (C=O) groups is 3. The molecule has 1 saturated heterocycles. The molecule has 12 heteroatoms. The average Bonchev–Trinajstić information content (AvgIpc) is 2.67. The number of halogens is 5. The van der Waals surface area contributed by atoms with Gasteiger partial charge >= 0.3 is 12.1 Å². The van der Waals surface area contributed by atoms with Crippen LogP contribution in [0, 0.1) is 0 Å². The topological polar surface area (TPSA) is 90.0 Å². The van der Waals surface area contributed by atoms with Crippen LogP contribution in [0.25, 0.3) is 0 Å². The van der Waals surface area contributed by atoms with Gasteiger partial charge in [0.05, 0.1) is 6.54 Å². The van der Waals surface area contributed by atoms with Gasteiger partial charge in [-0.15, -0.1) is 0 Å². The molecule has 1 atom stereocenters. The molecule has 0 radical (unpaired) electrons. The molecule has 1 heterocycles. The minimum Gasteiger partial charge on any atom is -0.475 e. The number of aliphatic carboxylic acids is 1. The number of amides is 2. The number of carboxylic acids is 1. The van der Waals surface area contributed by atoms with Crippen LogP contribution >= 0.6 is 11.6 Å². The monoisotopic (exact) mass is 441 g/mol. The second kappa shape index (κ2) is 11.6. The summed E-state index contributed by atoms with van der Waals surface area (Å²) in [7, 11) is 0. The minimum atomic E-state index is -5.08. The van der Waals surface area contributed by atoms with E-state index in [4.69, 9.17) is 21.5 Å². The Bertz CT molecular complexity index is 681. The van der Waals surface area contributed by atoms with E-state index in [1.165, 1.54) is 4.90 Å². The van der Waals surface area contributed by atoms with Crippen molar-refractivity contribution in [3.63, 3.8) is 0 Å². The predicted octanol–water partition coefficient (Wildman–Crippen LogP) is 1.61. The first-order valence-corrected chi connectivity index (χ1v) is 8.84. The first-order valence-electron chi connectivity index (χ1n) is 8.40. The Kier molecular flexibility index (Phi) is 9.83. The van der Waals surface area contributed by atoms with Crippen molar-refractivity contribution in [2.45, 2.75) is 18.4 Å². The molecule has 2 rings (SSSR count). The highest BCUT2D eigenvalue weighted by molar-refractivity contribution is 6.29. The molecule has 29 heavy (non-hydrogen) atoms. The van der Waals surface area contributed by atoms with Crippen molar-refractivity contribution >= 4 is 29.4 Å². The van der Waals surface area contributed by atoms with Crippen LogP contribution in [-0.2, 0) is 20.9 Å². The van der Waals surface area contributed by atoms with Gasteiger partial charge in [0, 0.05) is 32.7 Å². The van der Waals surface area contributed by atoms with Crippen molar-refractivity contribution in [1.29, 1.82) is 0 Å². The Labute approximate surface area is 169 Å². The van der Waals surface area contributed by atoms with E-state index in [0.29, 0.717) is 32.7 Å². The molecular formula is C17H20ClF4N3O4. The molecule has 0 saturated carbocycles. The highest BCUT2D eigenvalue weighted by atomic mass is 35.5. The van der Waals surface area contributed by atoms with E-state index in [-0.39, 0.29) is 12.5 Å². The van der Waals surface area contributed by atoms with Crippen molar-refractivity contribution in [3.05, 3.63) is 35.9 Å². The summed E-state index contributed by atoms with van der Waals surface area (Å²) >= 11 is 5.15. The van der Waals surface area contributed by atoms with Crippen LogP contribution in [0.1, 0.15) is 5.56 Å². The maximum Gasteiger partial charge on any atom is 0.490 e. The number of hydrogen-bond donors (Lipinski definition) is 2. The van der Waals surface area contributed by atoms with E-state index in [1.54, 1.807) is 0 Å². The molecular weight excluding hydrogens is 422 g/mol. The summed E-state index contributed by atoms with van der Waals surface area (Å²) in [6, 6.07) is 9.67. The molecule has 0 spiro atoms. The minimum absolute atomic E-state index is 0.0654. The third-order valence-electron chi connectivity index (χ3n) is 3.81. The Morgan fingerprint density at radius 2 is 1.62 bits per heavy atom. The summed E-state index contributed by atoms with van der Waals surface area (Å²) in [6.07, 6.45) is -5.08. The van der Waals surface area contributed by atoms with E-state index in [1.807, 2.05) is 35.2 Å². The van der Waals surface area contributed by atoms with Crippen LogP contribution in [0.3, 0.4) is 0 Å². The van der Waals surface area contributed by atoms with E-state index in [9.17, 15) is 27.2 Å². The predicted molar refractivity (Wildman–Crippen MR) is 95.7 cm³/mol. The van der Waals surface area contributed by atoms with Crippen LogP contribution in [0.5, 0.6) is 0 Å². The molecule has 1 unspecified atom stereocenters. The van der Waals surface area contributed by atoms with E-state index < -0.39 is 23.7 Å². The number of alkyl halides is 5. The van der Waals surface area contributed by atoms with E-state index in [0.717, 1.165) is 5.56 Å². The standard InChI is InChI=1S/C15H19ClFN3O2.C2HF3O2/c16-14(17)15(22)20-8-6-19(7-9-20)11-13(21)18-10-12-4-2-1-3-5-12;3-2(4,5)1(6)7/h1-5,14H,6-11H2,(H,18,21);(H,6,7). The largest absolute Gasteiger partial charge is 0.490 e. The molecule has 1 fully saturated rings. The maximum atomic E-state index is 12.7. The summed E-state index contributed by atoms with van der Waals surface area (Å²) < 4.78 is 44.5. The average molecular weight is 442 g/mol. The fourth-order valence-corrected chi connectivity index (χ4v) is 2.46. The molecule has 0 aromatic heterocycles. The molecule has 0 aliphatic carbocycles. The van der Waals surface area contributed by atoms with Crippen molar-refractivity contribution in [2.24, 2.45) is 0 Å². The van der Waals surface area contributed by atoms with Gasteiger partial charge in [0.1, 0.15) is 0 Å². The Balaban J connectivity index is 0.000000516. The maximum absolute atomic E-state index is 12.7. The smallest absolute Gasteiger partial charge is 0.475 e. The van der Waals surface area contributed by atoms with Crippen molar-refractivity contribution in [1.82, 2.24) is 15.1 Å². The summed E-state index contributed by atoms with van der Waals surface area (Å²) in [6.45, 7) is 2.61. The molecule has 7 nitrogen and oxygen atoms in total. The van der Waals surface area contributed by atoms with Gasteiger partial charge in [0.25, 0.3) is 11.5 Å². The van der Waals surface area contributed by atoms with Gasteiger partial charge < -0.3 is 15.3 Å². The normalized spacial score (nSPS) is 15.7. The highest BCUT2D eigenvalue weighted by Gasteiger charge is 2.38. The van der Waals surface area contributed by atoms with Crippen LogP contribution in [-0.4, -0.2) is 77.2 Å². The van der Waals surface area contributed by atoms with Gasteiger partial charge in [-0.25, -0.2) is 9.18 Å². The summed E-state index contributed by atoms with van der Waals surface area (Å²) in [5.41, 5.74) is -0.942. The lowest BCUT2D eigenvalue weighted by Gasteiger charge is -2.34. The molecule has 162 valence electrons. The Morgan fingerprint density at radius 3 is 2.07 bits per heavy atom. The molecule has 0 bridgehead atoms. The third-order valence-corrected chi connectivity index (χ3v) is 4.00. The lowest BCUT2D eigenvalue weighted by molar-refractivity contribution is -0.192. The second-order valence-electron chi connectivity index (χ2n) is 5.97. The number of hydrogen-bond acceptors (Lipinski definition) is 4. The number of rotatable bonds is 5. The molecule has 2 amide bonds. The summed E-state index contributed by atoms with van der Waals surface area (Å²) in [5.74, 6) is -3.52. The summed E-state index contributed by atoms with van der Waals surface area (Å²) in [5, 5.41) is 9.98. The zero-order valence-corrected chi connectivity index (χ0v) is 15.9. The van der Waals surface area contributed by atoms with Gasteiger partial charge in [-0.05, 0) is 5.56 Å². The van der Waals surface area contributed by atoms with E-state index >= 15 is 0 Å². The number of carboxylic acid groups (broad SMARTS) is 1. The van der Waals surface area contributed by atoms with Gasteiger partial charge in [-0.2, -0.15) is 13.2 Å². The van der Waals surface area contributed by atoms with Gasteiger partial charge in [-0.1, -0.05) is 41.9 Å². The first kappa shape index (κ1) is 24.6. The second-order valence-corrected chi connectivity index (χ2v) is 6.35. The van der Waals surface area contributed by atoms with Gasteiger partial charge in [0.2, 0.25) is 5.91 Å². The fourth-order valence-electron chi connectivity index (χ4n) is 2.32. The number of benzene rings is 1. The highest BCUT2D eigenvalue weighted by Crippen LogP contribution is 2.13. The lowest BCUT2D eigenvalue weighted by atomic mass is 10.2. The zero-order valence-electron chi connectivity index (χ0n) is 15.2. The third kappa shape index (κ3) is 9.57. The van der Waals surface area contributed by atoms with Crippen LogP contribution in [0.2, 0.25) is 0 Å². The molecule has 1 aromatic rings. The molecule has 1 aliphatic rings. The number of nitrogens with one attached hydrogen (secondary N) is 1. The van der Waals surface area contributed by atoms with Gasteiger partial charge in [-0.3, -0.25) is 14.5 Å². The first-order chi connectivity index (χ1) is 13.5.